The van der Waals surface area contributed by atoms with Gasteiger partial charge in [-0.1, -0.05) is 33.6 Å². The van der Waals surface area contributed by atoms with Gasteiger partial charge in [0.2, 0.25) is 17.7 Å². The monoisotopic (exact) mass is 485 g/mol. The fraction of sp³-hybridized carbons (Fsp3) is 0.318. The predicted octanol–water partition coefficient (Wildman–Crippen LogP) is 3.53. The Morgan fingerprint density at radius 1 is 1.10 bits per heavy atom. The van der Waals surface area contributed by atoms with Crippen molar-refractivity contribution in [2.45, 2.75) is 24.4 Å². The predicted molar refractivity (Wildman–Crippen MR) is 115 cm³/mol. The van der Waals surface area contributed by atoms with E-state index in [9.17, 15) is 14.4 Å². The Bertz CT molecular complexity index is 1150. The molecule has 4 heterocycles. The summed E-state index contributed by atoms with van der Waals surface area (Å²) in [5, 5.41) is 3.43. The maximum atomic E-state index is 13.8. The van der Waals surface area contributed by atoms with E-state index >= 15 is 0 Å². The first-order chi connectivity index (χ1) is 14.4. The van der Waals surface area contributed by atoms with Crippen LogP contribution in [0.5, 0.6) is 0 Å². The van der Waals surface area contributed by atoms with E-state index in [0.29, 0.717) is 22.9 Å². The van der Waals surface area contributed by atoms with Gasteiger partial charge in [-0.05, 0) is 55.8 Å². The molecule has 4 aliphatic rings. The Morgan fingerprint density at radius 2 is 1.93 bits per heavy atom. The summed E-state index contributed by atoms with van der Waals surface area (Å²) in [5.41, 5.74) is 0.774. The van der Waals surface area contributed by atoms with Gasteiger partial charge in [0, 0.05) is 26.8 Å². The number of anilines is 2. The standard InChI is InChI=1S/C22H17BrClN3O3/c23-11-6-7-15-14(9-11)22(21(30)25-15)18-17(16-5-2-8-26(16)22)19(28)27(20(18)29)13-4-1-3-12(24)10-13/h1,3-4,6-7,9-10,16-18H,2,5,8H2,(H,25,30)/t16-,17+,18+,22-/m1/s1. The minimum absolute atomic E-state index is 0.133. The minimum Gasteiger partial charge on any atom is -0.324 e. The second-order valence-corrected chi connectivity index (χ2v) is 9.66. The molecular weight excluding hydrogens is 470 g/mol. The molecule has 8 heteroatoms. The smallest absolute Gasteiger partial charge is 0.250 e. The Balaban J connectivity index is 1.57. The lowest BCUT2D eigenvalue weighted by Crippen LogP contribution is -2.54. The number of carbonyl (C=O) groups is 3. The number of amides is 3. The summed E-state index contributed by atoms with van der Waals surface area (Å²) in [6, 6.07) is 12.2. The average Bonchev–Trinajstić information content (AvgIpc) is 3.40. The van der Waals surface area contributed by atoms with Gasteiger partial charge < -0.3 is 5.32 Å². The normalized spacial score (nSPS) is 32.0. The van der Waals surface area contributed by atoms with Crippen molar-refractivity contribution in [3.05, 3.63) is 57.5 Å². The molecule has 30 heavy (non-hydrogen) atoms. The molecule has 3 saturated heterocycles. The van der Waals surface area contributed by atoms with Crippen LogP contribution in [0.2, 0.25) is 5.02 Å². The quantitative estimate of drug-likeness (QED) is 0.626. The maximum absolute atomic E-state index is 13.8. The molecule has 2 aromatic carbocycles. The molecule has 3 fully saturated rings. The summed E-state index contributed by atoms with van der Waals surface area (Å²) in [4.78, 5) is 44.2. The molecular formula is C22H17BrClN3O3. The second kappa shape index (κ2) is 6.15. The van der Waals surface area contributed by atoms with Crippen molar-refractivity contribution < 1.29 is 14.4 Å². The van der Waals surface area contributed by atoms with Crippen LogP contribution in [0.3, 0.4) is 0 Å². The molecule has 0 bridgehead atoms. The summed E-state index contributed by atoms with van der Waals surface area (Å²) in [6.07, 6.45) is 1.69. The van der Waals surface area contributed by atoms with Crippen molar-refractivity contribution in [1.82, 2.24) is 4.90 Å². The van der Waals surface area contributed by atoms with Gasteiger partial charge in [0.05, 0.1) is 17.5 Å². The Labute approximate surface area is 186 Å². The highest BCUT2D eigenvalue weighted by Gasteiger charge is 2.74. The topological polar surface area (TPSA) is 69.7 Å². The van der Waals surface area contributed by atoms with Crippen molar-refractivity contribution >= 4 is 56.6 Å². The van der Waals surface area contributed by atoms with E-state index in [1.165, 1.54) is 4.90 Å². The molecule has 6 nitrogen and oxygen atoms in total. The van der Waals surface area contributed by atoms with Crippen molar-refractivity contribution in [2.75, 3.05) is 16.8 Å². The number of hydrogen-bond acceptors (Lipinski definition) is 4. The van der Waals surface area contributed by atoms with Crippen molar-refractivity contribution in [1.29, 1.82) is 0 Å². The van der Waals surface area contributed by atoms with E-state index < -0.39 is 17.4 Å². The van der Waals surface area contributed by atoms with Crippen molar-refractivity contribution in [3.63, 3.8) is 0 Å². The maximum Gasteiger partial charge on any atom is 0.250 e. The van der Waals surface area contributed by atoms with Crippen LogP contribution >= 0.6 is 27.5 Å². The summed E-state index contributed by atoms with van der Waals surface area (Å²) in [5.74, 6) is -2.09. The number of imide groups is 1. The van der Waals surface area contributed by atoms with Crippen LogP contribution in [0.4, 0.5) is 11.4 Å². The first-order valence-corrected chi connectivity index (χ1v) is 11.1. The molecule has 1 spiro atoms. The van der Waals surface area contributed by atoms with Crippen LogP contribution in [-0.2, 0) is 19.9 Å². The lowest BCUT2D eigenvalue weighted by atomic mass is 9.75. The number of hydrogen-bond donors (Lipinski definition) is 1. The average molecular weight is 487 g/mol. The van der Waals surface area contributed by atoms with E-state index in [4.69, 9.17) is 11.6 Å². The Kier molecular flexibility index (Phi) is 3.80. The van der Waals surface area contributed by atoms with Crippen LogP contribution < -0.4 is 10.2 Å². The highest BCUT2D eigenvalue weighted by molar-refractivity contribution is 9.10. The molecule has 2 aromatic rings. The third-order valence-electron chi connectivity index (χ3n) is 7.02. The highest BCUT2D eigenvalue weighted by atomic mass is 79.9. The second-order valence-electron chi connectivity index (χ2n) is 8.31. The van der Waals surface area contributed by atoms with Gasteiger partial charge in [-0.15, -0.1) is 0 Å². The number of nitrogens with one attached hydrogen (secondary N) is 1. The number of halogens is 2. The molecule has 3 amide bonds. The number of fused-ring (bicyclic) bond motifs is 7. The van der Waals surface area contributed by atoms with Crippen molar-refractivity contribution in [3.8, 4) is 0 Å². The van der Waals surface area contributed by atoms with Gasteiger partial charge in [0.25, 0.3) is 0 Å². The number of nitrogens with zero attached hydrogens (tertiary/aromatic N) is 2. The molecule has 4 atom stereocenters. The zero-order valence-corrected chi connectivity index (χ0v) is 18.1. The summed E-state index contributed by atoms with van der Waals surface area (Å²) in [6.45, 7) is 0.689. The zero-order valence-electron chi connectivity index (χ0n) is 15.8. The highest BCUT2D eigenvalue weighted by Crippen LogP contribution is 2.60. The summed E-state index contributed by atoms with van der Waals surface area (Å²) in [7, 11) is 0. The third kappa shape index (κ3) is 2.10. The molecule has 152 valence electrons. The lowest BCUT2D eigenvalue weighted by Gasteiger charge is -2.36. The van der Waals surface area contributed by atoms with Crippen LogP contribution in [0, 0.1) is 11.8 Å². The van der Waals surface area contributed by atoms with Gasteiger partial charge in [0.15, 0.2) is 0 Å². The van der Waals surface area contributed by atoms with Gasteiger partial charge in [0.1, 0.15) is 5.54 Å². The van der Waals surface area contributed by atoms with E-state index in [-0.39, 0.29) is 23.8 Å². The fourth-order valence-corrected chi connectivity index (χ4v) is 6.59. The van der Waals surface area contributed by atoms with Crippen molar-refractivity contribution in [2.24, 2.45) is 11.8 Å². The molecule has 0 saturated carbocycles. The number of benzene rings is 2. The molecule has 6 rings (SSSR count). The van der Waals surface area contributed by atoms with E-state index in [0.717, 1.165) is 22.9 Å². The van der Waals surface area contributed by atoms with E-state index in [1.54, 1.807) is 24.3 Å². The molecule has 0 radical (unpaired) electrons. The fourth-order valence-electron chi connectivity index (χ4n) is 6.04. The van der Waals surface area contributed by atoms with Gasteiger partial charge in [-0.2, -0.15) is 0 Å². The van der Waals surface area contributed by atoms with E-state index in [1.807, 2.05) is 18.2 Å². The van der Waals surface area contributed by atoms with E-state index in [2.05, 4.69) is 26.1 Å². The van der Waals surface area contributed by atoms with Crippen LogP contribution in [0.1, 0.15) is 18.4 Å². The lowest BCUT2D eigenvalue weighted by molar-refractivity contribution is -0.135. The molecule has 1 N–H and O–H groups in total. The van der Waals surface area contributed by atoms with Gasteiger partial charge in [-0.25, -0.2) is 4.90 Å². The van der Waals surface area contributed by atoms with Crippen LogP contribution in [0.25, 0.3) is 0 Å². The van der Waals surface area contributed by atoms with Crippen LogP contribution in [-0.4, -0.2) is 35.2 Å². The summed E-state index contributed by atoms with van der Waals surface area (Å²) >= 11 is 9.64. The zero-order chi connectivity index (χ0) is 20.8. The largest absolute Gasteiger partial charge is 0.324 e. The summed E-state index contributed by atoms with van der Waals surface area (Å²) < 4.78 is 0.833. The molecule has 4 aliphatic heterocycles. The number of carbonyl (C=O) groups excluding carboxylic acids is 3. The first kappa shape index (κ1) is 18.5. The minimum atomic E-state index is -1.16. The Morgan fingerprint density at radius 3 is 2.73 bits per heavy atom. The molecule has 0 aliphatic carbocycles. The first-order valence-electron chi connectivity index (χ1n) is 9.96. The third-order valence-corrected chi connectivity index (χ3v) is 7.75. The van der Waals surface area contributed by atoms with Gasteiger partial charge >= 0.3 is 0 Å². The number of rotatable bonds is 1. The molecule has 0 unspecified atom stereocenters. The molecule has 0 aromatic heterocycles. The SMILES string of the molecule is O=C1[C@H]2[C@H]3CCCN3[C@@]3(C(=O)Nc4ccc(Br)cc43)[C@@H]2C(=O)N1c1cccc(Cl)c1. The van der Waals surface area contributed by atoms with Gasteiger partial charge in [-0.3, -0.25) is 19.3 Å². The Hall–Kier alpha value is -2.22. The van der Waals surface area contributed by atoms with Crippen LogP contribution in [0.15, 0.2) is 46.9 Å².